The van der Waals surface area contributed by atoms with Gasteiger partial charge in [-0.3, -0.25) is 14.2 Å². The van der Waals surface area contributed by atoms with Crippen molar-refractivity contribution in [3.63, 3.8) is 0 Å². The molecule has 1 amide bonds. The molecule has 3 aromatic rings. The molecule has 0 unspecified atom stereocenters. The highest BCUT2D eigenvalue weighted by Gasteiger charge is 2.20. The van der Waals surface area contributed by atoms with Gasteiger partial charge in [-0.2, -0.15) is 4.98 Å². The first-order valence-electron chi connectivity index (χ1n) is 11.2. The Labute approximate surface area is 204 Å². The van der Waals surface area contributed by atoms with Crippen LogP contribution < -0.4 is 25.2 Å². The normalized spacial score (nSPS) is 15.4. The lowest BCUT2D eigenvalue weighted by Crippen LogP contribution is -2.29. The van der Waals surface area contributed by atoms with Gasteiger partial charge < -0.3 is 19.7 Å². The Bertz CT molecular complexity index is 1280. The fourth-order valence-electron chi connectivity index (χ4n) is 3.95. The van der Waals surface area contributed by atoms with E-state index < -0.39 is 0 Å². The number of carbonyl (C=O) groups excluding carboxylic acids is 1. The number of thiazole rings is 1. The molecule has 4 heterocycles. The van der Waals surface area contributed by atoms with Gasteiger partial charge in [0.1, 0.15) is 17.9 Å². The van der Waals surface area contributed by atoms with Gasteiger partial charge in [-0.1, -0.05) is 29.2 Å². The van der Waals surface area contributed by atoms with Crippen LogP contribution in [-0.4, -0.2) is 52.5 Å². The van der Waals surface area contributed by atoms with Crippen LogP contribution in [0.5, 0.6) is 11.5 Å². The quantitative estimate of drug-likeness (QED) is 0.300. The van der Waals surface area contributed by atoms with E-state index in [1.165, 1.54) is 29.5 Å². The number of nitrogens with zero attached hydrogens (tertiary/aromatic N) is 4. The van der Waals surface area contributed by atoms with E-state index in [1.54, 1.807) is 28.8 Å². The summed E-state index contributed by atoms with van der Waals surface area (Å²) in [6, 6.07) is 5.29. The molecule has 1 fully saturated rings. The van der Waals surface area contributed by atoms with Crippen LogP contribution in [0, 0.1) is 0 Å². The number of carbonyl (C=O) groups is 1. The van der Waals surface area contributed by atoms with Crippen LogP contribution in [0.1, 0.15) is 19.3 Å². The van der Waals surface area contributed by atoms with E-state index in [1.807, 2.05) is 0 Å². The molecule has 0 radical (unpaired) electrons. The fourth-order valence-corrected chi connectivity index (χ4v) is 5.75. The first-order chi connectivity index (χ1) is 16.6. The van der Waals surface area contributed by atoms with Crippen molar-refractivity contribution in [1.82, 2.24) is 14.5 Å². The summed E-state index contributed by atoms with van der Waals surface area (Å²) in [6.07, 6.45) is 5.13. The highest BCUT2D eigenvalue weighted by atomic mass is 32.2. The number of amides is 1. The molecule has 2 aliphatic rings. The molecule has 0 saturated carbocycles. The molecule has 9 nitrogen and oxygen atoms in total. The summed E-state index contributed by atoms with van der Waals surface area (Å²) < 4.78 is 13.2. The van der Waals surface area contributed by atoms with E-state index in [-0.39, 0.29) is 17.2 Å². The van der Waals surface area contributed by atoms with E-state index in [0.717, 1.165) is 31.1 Å². The number of benzene rings is 1. The predicted molar refractivity (Wildman–Crippen MR) is 135 cm³/mol. The van der Waals surface area contributed by atoms with Gasteiger partial charge in [-0.25, -0.2) is 4.98 Å². The number of anilines is 2. The topological polar surface area (TPSA) is 98.6 Å². The fraction of sp³-hybridized carbons (Fsp3) is 0.391. The first kappa shape index (κ1) is 22.7. The lowest BCUT2D eigenvalue weighted by molar-refractivity contribution is -0.113. The van der Waals surface area contributed by atoms with Crippen LogP contribution in [0.4, 0.5) is 10.8 Å². The minimum Gasteiger partial charge on any atom is -0.486 e. The van der Waals surface area contributed by atoms with Gasteiger partial charge in [0, 0.05) is 31.4 Å². The summed E-state index contributed by atoms with van der Waals surface area (Å²) in [5.41, 5.74) is 0.901. The van der Waals surface area contributed by atoms with E-state index in [2.05, 4.69) is 26.8 Å². The highest BCUT2D eigenvalue weighted by Crippen LogP contribution is 2.33. The zero-order valence-corrected chi connectivity index (χ0v) is 20.3. The van der Waals surface area contributed by atoms with E-state index in [4.69, 9.17) is 9.47 Å². The average molecular weight is 500 g/mol. The second kappa shape index (κ2) is 10.1. The summed E-state index contributed by atoms with van der Waals surface area (Å²) in [4.78, 5) is 37.3. The SMILES string of the molecule is C=CCn1c(SCC(=O)Nc2ccc3c(c2)OCCO3)nc2nc(N3CCCCC3)sc2c1=O. The number of allylic oxidation sites excluding steroid dienone is 1. The Morgan fingerprint density at radius 1 is 1.18 bits per heavy atom. The van der Waals surface area contributed by atoms with Crippen LogP contribution in [0.3, 0.4) is 0 Å². The van der Waals surface area contributed by atoms with Crippen LogP contribution in [-0.2, 0) is 11.3 Å². The molecule has 0 aliphatic carbocycles. The van der Waals surface area contributed by atoms with Gasteiger partial charge in [0.15, 0.2) is 27.4 Å². The number of hydrogen-bond acceptors (Lipinski definition) is 9. The molecule has 1 aromatic carbocycles. The maximum Gasteiger partial charge on any atom is 0.274 e. The molecule has 178 valence electrons. The maximum absolute atomic E-state index is 13.2. The summed E-state index contributed by atoms with van der Waals surface area (Å²) in [7, 11) is 0. The highest BCUT2D eigenvalue weighted by molar-refractivity contribution is 7.99. The Morgan fingerprint density at radius 2 is 1.97 bits per heavy atom. The molecule has 0 spiro atoms. The molecule has 1 saturated heterocycles. The van der Waals surface area contributed by atoms with Gasteiger partial charge in [0.25, 0.3) is 5.56 Å². The summed E-state index contributed by atoms with van der Waals surface area (Å²) in [5, 5.41) is 4.15. The molecule has 0 atom stereocenters. The Kier molecular flexibility index (Phi) is 6.73. The number of nitrogens with one attached hydrogen (secondary N) is 1. The van der Waals surface area contributed by atoms with E-state index >= 15 is 0 Å². The number of aromatic nitrogens is 3. The summed E-state index contributed by atoms with van der Waals surface area (Å²) in [5.74, 6) is 1.15. The van der Waals surface area contributed by atoms with E-state index in [0.29, 0.717) is 52.4 Å². The molecular formula is C23H25N5O4S2. The summed E-state index contributed by atoms with van der Waals surface area (Å²) >= 11 is 2.59. The van der Waals surface area contributed by atoms with Crippen molar-refractivity contribution in [2.24, 2.45) is 0 Å². The van der Waals surface area contributed by atoms with Crippen molar-refractivity contribution in [3.8, 4) is 11.5 Å². The third kappa shape index (κ3) is 4.76. The van der Waals surface area contributed by atoms with Crippen LogP contribution in [0.15, 0.2) is 40.8 Å². The number of piperidine rings is 1. The number of thioether (sulfide) groups is 1. The number of rotatable bonds is 7. The standard InChI is InChI=1S/C23H25N5O4S2/c1-2-8-28-21(30)19-20(25-22(34-19)27-9-4-3-5-10-27)26-23(28)33-14-18(29)24-15-6-7-16-17(13-15)32-12-11-31-16/h2,6-7,13H,1,3-5,8-12,14H2,(H,24,29). The third-order valence-electron chi connectivity index (χ3n) is 5.57. The van der Waals surface area contributed by atoms with Gasteiger partial charge in [-0.05, 0) is 31.4 Å². The van der Waals surface area contributed by atoms with Crippen LogP contribution in [0.2, 0.25) is 0 Å². The van der Waals surface area contributed by atoms with Crippen molar-refractivity contribution in [2.45, 2.75) is 31.0 Å². The lowest BCUT2D eigenvalue weighted by Gasteiger charge is -2.25. The molecular weight excluding hydrogens is 474 g/mol. The molecule has 34 heavy (non-hydrogen) atoms. The minimum atomic E-state index is -0.214. The van der Waals surface area contributed by atoms with Crippen molar-refractivity contribution in [2.75, 3.05) is 42.3 Å². The largest absolute Gasteiger partial charge is 0.486 e. The third-order valence-corrected chi connectivity index (χ3v) is 7.64. The van der Waals surface area contributed by atoms with Crippen LogP contribution in [0.25, 0.3) is 10.3 Å². The number of hydrogen-bond donors (Lipinski definition) is 1. The van der Waals surface area contributed by atoms with Gasteiger partial charge in [-0.15, -0.1) is 6.58 Å². The van der Waals surface area contributed by atoms with Crippen molar-refractivity contribution < 1.29 is 14.3 Å². The predicted octanol–water partition coefficient (Wildman–Crippen LogP) is 3.53. The van der Waals surface area contributed by atoms with Crippen molar-refractivity contribution >= 4 is 50.2 Å². The molecule has 2 aliphatic heterocycles. The average Bonchev–Trinajstić information content (AvgIpc) is 3.30. The molecule has 5 rings (SSSR count). The monoisotopic (exact) mass is 499 g/mol. The lowest BCUT2D eigenvalue weighted by atomic mass is 10.1. The van der Waals surface area contributed by atoms with Gasteiger partial charge in [0.2, 0.25) is 5.91 Å². The smallest absolute Gasteiger partial charge is 0.274 e. The summed E-state index contributed by atoms with van der Waals surface area (Å²) in [6.45, 7) is 6.96. The van der Waals surface area contributed by atoms with E-state index in [9.17, 15) is 9.59 Å². The Balaban J connectivity index is 1.33. The van der Waals surface area contributed by atoms with Gasteiger partial charge >= 0.3 is 0 Å². The van der Waals surface area contributed by atoms with Crippen molar-refractivity contribution in [1.29, 1.82) is 0 Å². The molecule has 1 N–H and O–H groups in total. The Morgan fingerprint density at radius 3 is 2.76 bits per heavy atom. The molecule has 0 bridgehead atoms. The Hall–Kier alpha value is -3.05. The zero-order valence-electron chi connectivity index (χ0n) is 18.6. The second-order valence-electron chi connectivity index (χ2n) is 7.99. The van der Waals surface area contributed by atoms with Crippen LogP contribution >= 0.6 is 23.1 Å². The zero-order chi connectivity index (χ0) is 23.5. The maximum atomic E-state index is 13.2. The van der Waals surface area contributed by atoms with Crippen molar-refractivity contribution in [3.05, 3.63) is 41.2 Å². The molecule has 11 heteroatoms. The second-order valence-corrected chi connectivity index (χ2v) is 9.91. The number of ether oxygens (including phenoxy) is 2. The van der Waals surface area contributed by atoms with Gasteiger partial charge in [0.05, 0.1) is 5.75 Å². The molecule has 2 aromatic heterocycles. The minimum absolute atomic E-state index is 0.0899. The first-order valence-corrected chi connectivity index (χ1v) is 13.0. The number of fused-ring (bicyclic) bond motifs is 2.